The minimum absolute atomic E-state index is 0.176. The minimum atomic E-state index is -0.986. The molecule has 5 nitrogen and oxygen atoms in total. The number of aromatic nitrogens is 2. The number of carbonyl (C=O) groups is 1. The molecule has 5 heteroatoms. The van der Waals surface area contributed by atoms with E-state index in [0.29, 0.717) is 12.4 Å². The zero-order chi connectivity index (χ0) is 14.7. The monoisotopic (exact) mass is 274 g/mol. The molecule has 1 aromatic heterocycles. The third-order valence-corrected chi connectivity index (χ3v) is 3.03. The molecule has 2 aromatic rings. The van der Waals surface area contributed by atoms with Crippen LogP contribution in [-0.2, 0) is 13.2 Å². The van der Waals surface area contributed by atoms with E-state index in [1.54, 1.807) is 18.2 Å². The van der Waals surface area contributed by atoms with Crippen LogP contribution in [0, 0.1) is 13.8 Å². The number of carboxylic acid groups (broad SMARTS) is 1. The summed E-state index contributed by atoms with van der Waals surface area (Å²) in [7, 11) is 0. The lowest BCUT2D eigenvalue weighted by Crippen LogP contribution is -2.08. The van der Waals surface area contributed by atoms with Gasteiger partial charge in [0.25, 0.3) is 0 Å². The Morgan fingerprint density at radius 3 is 2.75 bits per heavy atom. The van der Waals surface area contributed by atoms with E-state index in [1.807, 2.05) is 31.5 Å². The summed E-state index contributed by atoms with van der Waals surface area (Å²) in [6.07, 6.45) is 0. The van der Waals surface area contributed by atoms with Crippen molar-refractivity contribution in [3.8, 4) is 5.75 Å². The van der Waals surface area contributed by atoms with Gasteiger partial charge < -0.3 is 9.84 Å². The van der Waals surface area contributed by atoms with Crippen LogP contribution in [0.1, 0.15) is 34.2 Å². The van der Waals surface area contributed by atoms with Crippen LogP contribution in [0.25, 0.3) is 0 Å². The molecule has 0 saturated heterocycles. The molecule has 2 rings (SSSR count). The zero-order valence-electron chi connectivity index (χ0n) is 11.9. The number of nitrogens with zero attached hydrogens (tertiary/aromatic N) is 2. The average Bonchev–Trinajstić information content (AvgIpc) is 2.76. The van der Waals surface area contributed by atoms with Crippen molar-refractivity contribution in [3.63, 3.8) is 0 Å². The number of hydrogen-bond donors (Lipinski definition) is 1. The summed E-state index contributed by atoms with van der Waals surface area (Å²) < 4.78 is 7.53. The number of aromatic carboxylic acids is 1. The summed E-state index contributed by atoms with van der Waals surface area (Å²) in [6.45, 7) is 6.89. The summed E-state index contributed by atoms with van der Waals surface area (Å²) in [6, 6.07) is 7.01. The van der Waals surface area contributed by atoms with Crippen molar-refractivity contribution < 1.29 is 14.6 Å². The van der Waals surface area contributed by atoms with Crippen molar-refractivity contribution in [1.82, 2.24) is 9.78 Å². The Labute approximate surface area is 117 Å². The van der Waals surface area contributed by atoms with Crippen molar-refractivity contribution in [2.75, 3.05) is 0 Å². The first kappa shape index (κ1) is 14.1. The molecule has 0 aliphatic rings. The number of rotatable bonds is 5. The highest BCUT2D eigenvalue weighted by Crippen LogP contribution is 2.21. The number of aryl methyl sites for hydroxylation is 3. The highest BCUT2D eigenvalue weighted by atomic mass is 16.5. The Kier molecular flexibility index (Phi) is 4.08. The van der Waals surface area contributed by atoms with E-state index in [9.17, 15) is 4.79 Å². The lowest BCUT2D eigenvalue weighted by molar-refractivity contribution is 0.0691. The molecule has 0 atom stereocenters. The molecule has 0 bridgehead atoms. The molecule has 106 valence electrons. The van der Waals surface area contributed by atoms with Gasteiger partial charge >= 0.3 is 5.97 Å². The Balaban J connectivity index is 2.22. The number of ether oxygens (including phenoxy) is 1. The Bertz CT molecular complexity index is 632. The largest absolute Gasteiger partial charge is 0.486 e. The smallest absolute Gasteiger partial charge is 0.339 e. The van der Waals surface area contributed by atoms with Crippen LogP contribution in [0.3, 0.4) is 0 Å². The van der Waals surface area contributed by atoms with Gasteiger partial charge in [-0.15, -0.1) is 0 Å². The highest BCUT2D eigenvalue weighted by molar-refractivity contribution is 5.90. The van der Waals surface area contributed by atoms with Gasteiger partial charge in [0.1, 0.15) is 17.9 Å². The molecule has 0 aliphatic heterocycles. The van der Waals surface area contributed by atoms with E-state index in [4.69, 9.17) is 9.84 Å². The summed E-state index contributed by atoms with van der Waals surface area (Å²) in [5.41, 5.74) is 3.00. The first-order valence-corrected chi connectivity index (χ1v) is 6.51. The van der Waals surface area contributed by atoms with Crippen LogP contribution in [0.15, 0.2) is 24.3 Å². The van der Waals surface area contributed by atoms with Crippen LogP contribution >= 0.6 is 0 Å². The Hall–Kier alpha value is -2.30. The fourth-order valence-corrected chi connectivity index (χ4v) is 2.07. The first-order chi connectivity index (χ1) is 9.51. The Morgan fingerprint density at radius 1 is 1.35 bits per heavy atom. The summed E-state index contributed by atoms with van der Waals surface area (Å²) in [5, 5.41) is 13.5. The lowest BCUT2D eigenvalue weighted by atomic mass is 10.1. The SMILES string of the molecule is CCn1nc(C)cc1COc1cc(C)ccc1C(=O)O. The van der Waals surface area contributed by atoms with Crippen LogP contribution in [0.5, 0.6) is 5.75 Å². The summed E-state index contributed by atoms with van der Waals surface area (Å²) in [4.78, 5) is 11.2. The zero-order valence-corrected chi connectivity index (χ0v) is 11.9. The maximum absolute atomic E-state index is 11.2. The van der Waals surface area contributed by atoms with Crippen molar-refractivity contribution in [2.45, 2.75) is 33.9 Å². The van der Waals surface area contributed by atoms with Crippen LogP contribution in [0.2, 0.25) is 0 Å². The number of carboxylic acids is 1. The van der Waals surface area contributed by atoms with Crippen LogP contribution < -0.4 is 4.74 Å². The van der Waals surface area contributed by atoms with E-state index in [0.717, 1.165) is 23.5 Å². The molecular weight excluding hydrogens is 256 g/mol. The molecule has 0 unspecified atom stereocenters. The molecule has 1 heterocycles. The van der Waals surface area contributed by atoms with E-state index in [1.165, 1.54) is 0 Å². The normalized spacial score (nSPS) is 10.6. The van der Waals surface area contributed by atoms with E-state index in [2.05, 4.69) is 5.10 Å². The lowest BCUT2D eigenvalue weighted by Gasteiger charge is -2.10. The topological polar surface area (TPSA) is 64.4 Å². The van der Waals surface area contributed by atoms with Crippen LogP contribution in [0.4, 0.5) is 0 Å². The summed E-state index contributed by atoms with van der Waals surface area (Å²) >= 11 is 0. The molecule has 0 spiro atoms. The van der Waals surface area contributed by atoms with Crippen molar-refractivity contribution in [3.05, 3.63) is 46.8 Å². The predicted octanol–water partition coefficient (Wildman–Crippen LogP) is 2.80. The van der Waals surface area contributed by atoms with E-state index >= 15 is 0 Å². The maximum Gasteiger partial charge on any atom is 0.339 e. The van der Waals surface area contributed by atoms with Crippen LogP contribution in [-0.4, -0.2) is 20.9 Å². The van der Waals surface area contributed by atoms with Gasteiger partial charge in [-0.1, -0.05) is 6.07 Å². The second-order valence-electron chi connectivity index (χ2n) is 4.69. The van der Waals surface area contributed by atoms with Gasteiger partial charge in [0.15, 0.2) is 0 Å². The van der Waals surface area contributed by atoms with Gasteiger partial charge in [-0.25, -0.2) is 4.79 Å². The minimum Gasteiger partial charge on any atom is -0.486 e. The molecule has 1 aromatic carbocycles. The van der Waals surface area contributed by atoms with Gasteiger partial charge in [0, 0.05) is 6.54 Å². The molecule has 0 fully saturated rings. The predicted molar refractivity (Wildman–Crippen MR) is 75.1 cm³/mol. The standard InChI is InChI=1S/C15H18N2O3/c1-4-17-12(8-11(3)16-17)9-20-14-7-10(2)5-6-13(14)15(18)19/h5-8H,4,9H2,1-3H3,(H,18,19). The maximum atomic E-state index is 11.2. The quantitative estimate of drug-likeness (QED) is 0.910. The molecule has 20 heavy (non-hydrogen) atoms. The second-order valence-corrected chi connectivity index (χ2v) is 4.69. The number of hydrogen-bond acceptors (Lipinski definition) is 3. The van der Waals surface area contributed by atoms with Crippen molar-refractivity contribution >= 4 is 5.97 Å². The molecule has 0 saturated carbocycles. The number of benzene rings is 1. The van der Waals surface area contributed by atoms with Gasteiger partial charge in [0.2, 0.25) is 0 Å². The molecule has 0 amide bonds. The summed E-state index contributed by atoms with van der Waals surface area (Å²) in [5.74, 6) is -0.598. The van der Waals surface area contributed by atoms with E-state index in [-0.39, 0.29) is 5.56 Å². The third kappa shape index (κ3) is 2.99. The fraction of sp³-hybridized carbons (Fsp3) is 0.333. The Morgan fingerprint density at radius 2 is 2.10 bits per heavy atom. The molecule has 1 N–H and O–H groups in total. The second kappa shape index (κ2) is 5.77. The van der Waals surface area contributed by atoms with Gasteiger partial charge in [-0.2, -0.15) is 5.10 Å². The van der Waals surface area contributed by atoms with Crippen molar-refractivity contribution in [1.29, 1.82) is 0 Å². The van der Waals surface area contributed by atoms with Crippen molar-refractivity contribution in [2.24, 2.45) is 0 Å². The van der Waals surface area contributed by atoms with Gasteiger partial charge in [-0.05, 0) is 44.5 Å². The molecule has 0 aliphatic carbocycles. The van der Waals surface area contributed by atoms with Gasteiger partial charge in [0.05, 0.1) is 11.4 Å². The molecule has 0 radical (unpaired) electrons. The average molecular weight is 274 g/mol. The highest BCUT2D eigenvalue weighted by Gasteiger charge is 2.12. The van der Waals surface area contributed by atoms with Gasteiger partial charge in [-0.3, -0.25) is 4.68 Å². The molecular formula is C15H18N2O3. The first-order valence-electron chi connectivity index (χ1n) is 6.51. The fourth-order valence-electron chi connectivity index (χ4n) is 2.07. The third-order valence-electron chi connectivity index (χ3n) is 3.03. The van der Waals surface area contributed by atoms with E-state index < -0.39 is 5.97 Å².